The minimum Gasteiger partial charge on any atom is -0.478 e. The van der Waals surface area contributed by atoms with Crippen LogP contribution in [-0.4, -0.2) is 42.6 Å². The minimum absolute atomic E-state index is 0.0175. The molecule has 0 radical (unpaired) electrons. The highest BCUT2D eigenvalue weighted by molar-refractivity contribution is 6.30. The van der Waals surface area contributed by atoms with Crippen LogP contribution in [-0.2, 0) is 4.79 Å². The van der Waals surface area contributed by atoms with Crippen LogP contribution < -0.4 is 10.1 Å². The number of nitrogens with zero attached hydrogens (tertiary/aromatic N) is 1. The van der Waals surface area contributed by atoms with E-state index in [2.05, 4.69) is 5.32 Å². The number of ether oxygens (including phenoxy) is 1. The van der Waals surface area contributed by atoms with E-state index in [1.165, 1.54) is 0 Å². The van der Waals surface area contributed by atoms with Gasteiger partial charge in [0.15, 0.2) is 5.60 Å². The van der Waals surface area contributed by atoms with Gasteiger partial charge in [-0.3, -0.25) is 4.79 Å². The standard InChI is InChI=1S/C14H19ClN2O2/c1-14(2,13(18)17-9-7-16-8-10-17)19-12-5-3-11(15)4-6-12/h3-6,16H,7-10H2,1-2H3. The van der Waals surface area contributed by atoms with Crippen molar-refractivity contribution < 1.29 is 9.53 Å². The lowest BCUT2D eigenvalue weighted by Gasteiger charge is -2.34. The molecule has 0 aromatic heterocycles. The van der Waals surface area contributed by atoms with Crippen molar-refractivity contribution in [2.45, 2.75) is 19.4 Å². The van der Waals surface area contributed by atoms with Crippen molar-refractivity contribution in [1.29, 1.82) is 0 Å². The smallest absolute Gasteiger partial charge is 0.266 e. The maximum absolute atomic E-state index is 12.4. The molecule has 19 heavy (non-hydrogen) atoms. The largest absolute Gasteiger partial charge is 0.478 e. The first-order chi connectivity index (χ1) is 8.99. The summed E-state index contributed by atoms with van der Waals surface area (Å²) in [4.78, 5) is 14.3. The molecule has 0 unspecified atom stereocenters. The van der Waals surface area contributed by atoms with E-state index in [9.17, 15) is 4.79 Å². The van der Waals surface area contributed by atoms with Crippen molar-refractivity contribution >= 4 is 17.5 Å². The van der Waals surface area contributed by atoms with Crippen molar-refractivity contribution in [2.75, 3.05) is 26.2 Å². The normalized spacial score (nSPS) is 16.3. The molecule has 4 nitrogen and oxygen atoms in total. The molecule has 0 atom stereocenters. The summed E-state index contributed by atoms with van der Waals surface area (Å²) in [6.07, 6.45) is 0. The Kier molecular flexibility index (Phi) is 4.32. The SMILES string of the molecule is CC(C)(Oc1ccc(Cl)cc1)C(=O)N1CCNCC1. The highest BCUT2D eigenvalue weighted by Crippen LogP contribution is 2.22. The van der Waals surface area contributed by atoms with Gasteiger partial charge in [0.1, 0.15) is 5.75 Å². The maximum atomic E-state index is 12.4. The molecule has 1 amide bonds. The third-order valence-electron chi connectivity index (χ3n) is 3.11. The van der Waals surface area contributed by atoms with Gasteiger partial charge in [0.2, 0.25) is 0 Å². The molecule has 0 aliphatic carbocycles. The molecular formula is C14H19ClN2O2. The number of halogens is 1. The zero-order valence-corrected chi connectivity index (χ0v) is 12.0. The number of hydrogen-bond acceptors (Lipinski definition) is 3. The molecule has 5 heteroatoms. The van der Waals surface area contributed by atoms with E-state index in [1.54, 1.807) is 38.1 Å². The van der Waals surface area contributed by atoms with Crippen molar-refractivity contribution in [1.82, 2.24) is 10.2 Å². The average molecular weight is 283 g/mol. The van der Waals surface area contributed by atoms with Crippen LogP contribution in [0.15, 0.2) is 24.3 Å². The molecule has 0 bridgehead atoms. The van der Waals surface area contributed by atoms with Gasteiger partial charge >= 0.3 is 0 Å². The number of amides is 1. The second-order valence-corrected chi connectivity index (χ2v) is 5.54. The van der Waals surface area contributed by atoms with Crippen LogP contribution >= 0.6 is 11.6 Å². The zero-order chi connectivity index (χ0) is 13.9. The number of piperazine rings is 1. The van der Waals surface area contributed by atoms with Crippen molar-refractivity contribution in [3.63, 3.8) is 0 Å². The van der Waals surface area contributed by atoms with Crippen LogP contribution in [0.4, 0.5) is 0 Å². The summed E-state index contributed by atoms with van der Waals surface area (Å²) in [5, 5.41) is 3.88. The number of benzene rings is 1. The predicted molar refractivity (Wildman–Crippen MR) is 75.6 cm³/mol. The summed E-state index contributed by atoms with van der Waals surface area (Å²) >= 11 is 5.83. The number of hydrogen-bond donors (Lipinski definition) is 1. The Morgan fingerprint density at radius 2 is 1.84 bits per heavy atom. The Labute approximate surface area is 118 Å². The van der Waals surface area contributed by atoms with Gasteiger partial charge in [-0.05, 0) is 38.1 Å². The number of carbonyl (C=O) groups is 1. The molecule has 1 heterocycles. The molecular weight excluding hydrogens is 264 g/mol. The van der Waals surface area contributed by atoms with Crippen molar-refractivity contribution in [3.8, 4) is 5.75 Å². The predicted octanol–water partition coefficient (Wildman–Crippen LogP) is 1.93. The highest BCUT2D eigenvalue weighted by atomic mass is 35.5. The monoisotopic (exact) mass is 282 g/mol. The van der Waals surface area contributed by atoms with E-state index in [4.69, 9.17) is 16.3 Å². The van der Waals surface area contributed by atoms with Crippen LogP contribution in [0.3, 0.4) is 0 Å². The fourth-order valence-corrected chi connectivity index (χ4v) is 2.22. The van der Waals surface area contributed by atoms with Gasteiger partial charge in [-0.25, -0.2) is 0 Å². The lowest BCUT2D eigenvalue weighted by atomic mass is 10.1. The molecule has 0 spiro atoms. The van der Waals surface area contributed by atoms with Gasteiger partial charge in [0.05, 0.1) is 0 Å². The van der Waals surface area contributed by atoms with E-state index < -0.39 is 5.60 Å². The van der Waals surface area contributed by atoms with Gasteiger partial charge in [-0.1, -0.05) is 11.6 Å². The molecule has 1 aliphatic rings. The van der Waals surface area contributed by atoms with Crippen LogP contribution in [0.25, 0.3) is 0 Å². The summed E-state index contributed by atoms with van der Waals surface area (Å²) in [5.41, 5.74) is -0.870. The minimum atomic E-state index is -0.870. The summed E-state index contributed by atoms with van der Waals surface area (Å²) < 4.78 is 5.80. The fraction of sp³-hybridized carbons (Fsp3) is 0.500. The van der Waals surface area contributed by atoms with Gasteiger partial charge in [0, 0.05) is 31.2 Å². The average Bonchev–Trinajstić information content (AvgIpc) is 2.41. The van der Waals surface area contributed by atoms with Gasteiger partial charge < -0.3 is 15.0 Å². The fourth-order valence-electron chi connectivity index (χ4n) is 2.09. The molecule has 2 rings (SSSR count). The maximum Gasteiger partial charge on any atom is 0.266 e. The number of rotatable bonds is 3. The molecule has 1 saturated heterocycles. The second-order valence-electron chi connectivity index (χ2n) is 5.11. The molecule has 1 aromatic rings. The zero-order valence-electron chi connectivity index (χ0n) is 11.3. The van der Waals surface area contributed by atoms with E-state index in [-0.39, 0.29) is 5.91 Å². The Bertz CT molecular complexity index is 439. The first-order valence-corrected chi connectivity index (χ1v) is 6.81. The van der Waals surface area contributed by atoms with Crippen LogP contribution in [0.1, 0.15) is 13.8 Å². The Morgan fingerprint density at radius 1 is 1.26 bits per heavy atom. The topological polar surface area (TPSA) is 41.6 Å². The molecule has 1 aliphatic heterocycles. The Hall–Kier alpha value is -1.26. The van der Waals surface area contributed by atoms with Gasteiger partial charge in [-0.15, -0.1) is 0 Å². The van der Waals surface area contributed by atoms with Gasteiger partial charge in [0.25, 0.3) is 5.91 Å². The highest BCUT2D eigenvalue weighted by Gasteiger charge is 2.34. The van der Waals surface area contributed by atoms with Crippen LogP contribution in [0.2, 0.25) is 5.02 Å². The first kappa shape index (κ1) is 14.2. The van der Waals surface area contributed by atoms with Gasteiger partial charge in [-0.2, -0.15) is 0 Å². The second kappa shape index (κ2) is 5.80. The molecule has 1 fully saturated rings. The summed E-state index contributed by atoms with van der Waals surface area (Å²) in [5.74, 6) is 0.668. The quantitative estimate of drug-likeness (QED) is 0.921. The molecule has 1 aromatic carbocycles. The van der Waals surface area contributed by atoms with E-state index in [0.29, 0.717) is 10.8 Å². The third kappa shape index (κ3) is 3.61. The van der Waals surface area contributed by atoms with E-state index >= 15 is 0 Å². The lowest BCUT2D eigenvalue weighted by Crippen LogP contribution is -2.54. The third-order valence-corrected chi connectivity index (χ3v) is 3.36. The van der Waals surface area contributed by atoms with E-state index in [0.717, 1.165) is 26.2 Å². The Balaban J connectivity index is 2.04. The number of carbonyl (C=O) groups excluding carboxylic acids is 1. The van der Waals surface area contributed by atoms with Crippen LogP contribution in [0, 0.1) is 0 Å². The summed E-state index contributed by atoms with van der Waals surface area (Å²) in [7, 11) is 0. The Morgan fingerprint density at radius 3 is 2.42 bits per heavy atom. The molecule has 0 saturated carbocycles. The summed E-state index contributed by atoms with van der Waals surface area (Å²) in [6, 6.07) is 7.05. The summed E-state index contributed by atoms with van der Waals surface area (Å²) in [6.45, 7) is 6.72. The molecule has 104 valence electrons. The van der Waals surface area contributed by atoms with Crippen LogP contribution in [0.5, 0.6) is 5.75 Å². The van der Waals surface area contributed by atoms with E-state index in [1.807, 2.05) is 4.90 Å². The molecule has 1 N–H and O–H groups in total. The van der Waals surface area contributed by atoms with Crippen molar-refractivity contribution in [2.24, 2.45) is 0 Å². The lowest BCUT2D eigenvalue weighted by molar-refractivity contribution is -0.146. The first-order valence-electron chi connectivity index (χ1n) is 6.44. The van der Waals surface area contributed by atoms with Crippen molar-refractivity contribution in [3.05, 3.63) is 29.3 Å². The number of nitrogens with one attached hydrogen (secondary N) is 1.